The highest BCUT2D eigenvalue weighted by molar-refractivity contribution is 9.10. The Morgan fingerprint density at radius 1 is 1.40 bits per heavy atom. The van der Waals surface area contributed by atoms with Crippen LogP contribution in [0.25, 0.3) is 0 Å². The van der Waals surface area contributed by atoms with Crippen LogP contribution in [0.2, 0.25) is 0 Å². The number of ketones is 1. The van der Waals surface area contributed by atoms with Crippen LogP contribution in [0.5, 0.6) is 5.75 Å². The van der Waals surface area contributed by atoms with Crippen LogP contribution in [-0.4, -0.2) is 32.3 Å². The highest BCUT2D eigenvalue weighted by Gasteiger charge is 2.34. The van der Waals surface area contributed by atoms with E-state index in [4.69, 9.17) is 4.74 Å². The number of benzene rings is 1. The van der Waals surface area contributed by atoms with E-state index in [-0.39, 0.29) is 18.0 Å². The quantitative estimate of drug-likeness (QED) is 0.827. The molecule has 0 amide bonds. The van der Waals surface area contributed by atoms with Gasteiger partial charge in [-0.3, -0.25) is 4.79 Å². The smallest absolute Gasteiger partial charge is 0.160 e. The summed E-state index contributed by atoms with van der Waals surface area (Å²) in [5.74, 6) is 0.495. The number of halogens is 1. The third-order valence-corrected chi connectivity index (χ3v) is 6.26. The van der Waals surface area contributed by atoms with E-state index in [9.17, 15) is 13.2 Å². The Balaban J connectivity index is 2.21. The summed E-state index contributed by atoms with van der Waals surface area (Å²) in [5, 5.41) is -0.847. The lowest BCUT2D eigenvalue weighted by atomic mass is 10.0. The summed E-state index contributed by atoms with van der Waals surface area (Å²) in [6.07, 6.45) is 1.99. The monoisotopic (exact) mass is 360 g/mol. The van der Waals surface area contributed by atoms with Crippen LogP contribution in [0.1, 0.15) is 24.8 Å². The van der Waals surface area contributed by atoms with E-state index in [2.05, 4.69) is 15.9 Å². The Bertz CT molecular complexity index is 610. The SMILES string of the molecule is COc1ccc(Br)cc1CC(=O)C1CCCCS1(=O)=O. The Hall–Kier alpha value is -0.880. The van der Waals surface area contributed by atoms with Crippen molar-refractivity contribution in [3.05, 3.63) is 28.2 Å². The van der Waals surface area contributed by atoms with E-state index in [0.717, 1.165) is 10.9 Å². The molecule has 1 heterocycles. The molecular weight excluding hydrogens is 344 g/mol. The summed E-state index contributed by atoms with van der Waals surface area (Å²) in [6.45, 7) is 0. The lowest BCUT2D eigenvalue weighted by Gasteiger charge is -2.21. The third kappa shape index (κ3) is 3.41. The van der Waals surface area contributed by atoms with Gasteiger partial charge >= 0.3 is 0 Å². The molecule has 0 radical (unpaired) electrons. The van der Waals surface area contributed by atoms with Gasteiger partial charge in [-0.1, -0.05) is 22.4 Å². The van der Waals surface area contributed by atoms with Crippen LogP contribution >= 0.6 is 15.9 Å². The maximum atomic E-state index is 12.3. The first-order valence-corrected chi connectivity index (χ1v) is 9.01. The van der Waals surface area contributed by atoms with Gasteiger partial charge in [0.2, 0.25) is 0 Å². The van der Waals surface area contributed by atoms with E-state index in [1.807, 2.05) is 6.07 Å². The van der Waals surface area contributed by atoms with Crippen molar-refractivity contribution in [1.29, 1.82) is 0 Å². The molecule has 0 bridgehead atoms. The summed E-state index contributed by atoms with van der Waals surface area (Å²) >= 11 is 3.35. The highest BCUT2D eigenvalue weighted by atomic mass is 79.9. The van der Waals surface area contributed by atoms with Gasteiger partial charge in [0.1, 0.15) is 11.0 Å². The molecule has 0 aromatic heterocycles. The second-order valence-electron chi connectivity index (χ2n) is 4.95. The number of carbonyl (C=O) groups is 1. The molecule has 0 aliphatic carbocycles. The molecule has 1 unspecified atom stereocenters. The van der Waals surface area contributed by atoms with Crippen LogP contribution < -0.4 is 4.74 Å². The Morgan fingerprint density at radius 3 is 2.80 bits per heavy atom. The Labute approximate surface area is 127 Å². The van der Waals surface area contributed by atoms with Crippen molar-refractivity contribution in [2.24, 2.45) is 0 Å². The first-order valence-electron chi connectivity index (χ1n) is 6.51. The molecule has 0 N–H and O–H groups in total. The van der Waals surface area contributed by atoms with Gasteiger partial charge in [0.25, 0.3) is 0 Å². The average molecular weight is 361 g/mol. The fourth-order valence-electron chi connectivity index (χ4n) is 2.50. The minimum atomic E-state index is -3.27. The maximum Gasteiger partial charge on any atom is 0.160 e. The van der Waals surface area contributed by atoms with Gasteiger partial charge in [-0.15, -0.1) is 0 Å². The molecular formula is C14H17BrO4S. The standard InChI is InChI=1S/C14H17BrO4S/c1-19-13-6-5-11(15)8-10(13)9-12(16)14-4-2-3-7-20(14,17)18/h5-6,8,14H,2-4,7,9H2,1H3. The molecule has 6 heteroatoms. The van der Waals surface area contributed by atoms with E-state index < -0.39 is 15.1 Å². The predicted octanol–water partition coefficient (Wildman–Crippen LogP) is 2.54. The molecule has 0 spiro atoms. The molecule has 1 aromatic carbocycles. The molecule has 1 fully saturated rings. The molecule has 1 aliphatic rings. The molecule has 1 aliphatic heterocycles. The number of hydrogen-bond donors (Lipinski definition) is 0. The number of rotatable bonds is 4. The minimum absolute atomic E-state index is 0.0898. The van der Waals surface area contributed by atoms with Crippen LogP contribution in [0.3, 0.4) is 0 Å². The summed E-state index contributed by atoms with van der Waals surface area (Å²) in [5.41, 5.74) is 0.715. The second kappa shape index (κ2) is 6.26. The molecule has 110 valence electrons. The van der Waals surface area contributed by atoms with Crippen molar-refractivity contribution in [2.45, 2.75) is 30.9 Å². The van der Waals surface area contributed by atoms with Crippen molar-refractivity contribution in [3.63, 3.8) is 0 Å². The predicted molar refractivity (Wildman–Crippen MR) is 80.8 cm³/mol. The fraction of sp³-hybridized carbons (Fsp3) is 0.500. The van der Waals surface area contributed by atoms with Gasteiger partial charge in [-0.25, -0.2) is 8.42 Å². The number of hydrogen-bond acceptors (Lipinski definition) is 4. The normalized spacial score (nSPS) is 21.4. The maximum absolute atomic E-state index is 12.3. The lowest BCUT2D eigenvalue weighted by molar-refractivity contribution is -0.118. The van der Waals surface area contributed by atoms with Gasteiger partial charge in [-0.05, 0) is 31.0 Å². The number of sulfone groups is 1. The molecule has 1 aromatic rings. The number of Topliss-reactive ketones (excluding diaryl/α,β-unsaturated/α-hetero) is 1. The summed E-state index contributed by atoms with van der Waals surface area (Å²) in [6, 6.07) is 5.39. The number of ether oxygens (including phenoxy) is 1. The van der Waals surface area contributed by atoms with Gasteiger partial charge < -0.3 is 4.74 Å². The zero-order chi connectivity index (χ0) is 14.8. The Kier molecular flexibility index (Phi) is 4.86. The third-order valence-electron chi connectivity index (χ3n) is 3.54. The van der Waals surface area contributed by atoms with Crippen LogP contribution in [0.15, 0.2) is 22.7 Å². The second-order valence-corrected chi connectivity index (χ2v) is 8.17. The fourth-order valence-corrected chi connectivity index (χ4v) is 4.81. The minimum Gasteiger partial charge on any atom is -0.496 e. The van der Waals surface area contributed by atoms with Crippen molar-refractivity contribution in [1.82, 2.24) is 0 Å². The first kappa shape index (κ1) is 15.5. The van der Waals surface area contributed by atoms with Gasteiger partial charge in [-0.2, -0.15) is 0 Å². The molecule has 20 heavy (non-hydrogen) atoms. The molecule has 2 rings (SSSR count). The number of carbonyl (C=O) groups excluding carboxylic acids is 1. The summed E-state index contributed by atoms with van der Waals surface area (Å²) in [7, 11) is -1.74. The largest absolute Gasteiger partial charge is 0.496 e. The zero-order valence-corrected chi connectivity index (χ0v) is 13.7. The van der Waals surface area contributed by atoms with Gasteiger partial charge in [0, 0.05) is 16.5 Å². The van der Waals surface area contributed by atoms with E-state index in [0.29, 0.717) is 24.2 Å². The van der Waals surface area contributed by atoms with Gasteiger partial charge in [0.05, 0.1) is 12.9 Å². The van der Waals surface area contributed by atoms with Crippen molar-refractivity contribution < 1.29 is 17.9 Å². The average Bonchev–Trinajstić information content (AvgIpc) is 2.38. The topological polar surface area (TPSA) is 60.4 Å². The molecule has 4 nitrogen and oxygen atoms in total. The molecule has 0 saturated carbocycles. The Morgan fingerprint density at radius 2 is 2.15 bits per heavy atom. The van der Waals surface area contributed by atoms with E-state index in [1.54, 1.807) is 12.1 Å². The lowest BCUT2D eigenvalue weighted by Crippen LogP contribution is -2.36. The molecule has 1 saturated heterocycles. The van der Waals surface area contributed by atoms with Crippen molar-refractivity contribution in [3.8, 4) is 5.75 Å². The van der Waals surface area contributed by atoms with Crippen LogP contribution in [0, 0.1) is 0 Å². The van der Waals surface area contributed by atoms with Crippen LogP contribution in [0.4, 0.5) is 0 Å². The van der Waals surface area contributed by atoms with E-state index >= 15 is 0 Å². The van der Waals surface area contributed by atoms with Gasteiger partial charge in [0.15, 0.2) is 15.6 Å². The highest BCUT2D eigenvalue weighted by Crippen LogP contribution is 2.26. The van der Waals surface area contributed by atoms with Crippen molar-refractivity contribution in [2.75, 3.05) is 12.9 Å². The summed E-state index contributed by atoms with van der Waals surface area (Å²) in [4.78, 5) is 12.3. The number of methoxy groups -OCH3 is 1. The first-order chi connectivity index (χ1) is 9.44. The summed E-state index contributed by atoms with van der Waals surface area (Å²) < 4.78 is 30.0. The molecule has 1 atom stereocenters. The van der Waals surface area contributed by atoms with Crippen LogP contribution in [-0.2, 0) is 21.1 Å². The zero-order valence-electron chi connectivity index (χ0n) is 11.3. The van der Waals surface area contributed by atoms with Crippen molar-refractivity contribution >= 4 is 31.6 Å². The van der Waals surface area contributed by atoms with E-state index in [1.165, 1.54) is 7.11 Å².